The Bertz CT molecular complexity index is 778. The van der Waals surface area contributed by atoms with Crippen LogP contribution in [0.4, 0.5) is 10.1 Å². The second kappa shape index (κ2) is 9.97. The van der Waals surface area contributed by atoms with Crippen LogP contribution in [0.25, 0.3) is 0 Å². The fraction of sp³-hybridized carbons (Fsp3) is 0.409. The van der Waals surface area contributed by atoms with Crippen LogP contribution in [0.1, 0.15) is 24.8 Å². The van der Waals surface area contributed by atoms with Crippen LogP contribution in [0.2, 0.25) is 0 Å². The molecule has 2 aromatic carbocycles. The summed E-state index contributed by atoms with van der Waals surface area (Å²) in [4.78, 5) is 6.56. The first-order valence-corrected chi connectivity index (χ1v) is 9.89. The SMILES string of the molecule is CN=C(NCCCc1ccc(O)cc1)NC1CCCN(c2cccc(F)c2)C1. The Morgan fingerprint density at radius 1 is 1.25 bits per heavy atom. The molecule has 1 unspecified atom stereocenters. The number of rotatable bonds is 6. The lowest BCUT2D eigenvalue weighted by Gasteiger charge is -2.35. The number of aliphatic imine (C=N–C) groups is 1. The molecule has 0 amide bonds. The summed E-state index contributed by atoms with van der Waals surface area (Å²) in [5, 5.41) is 16.2. The van der Waals surface area contributed by atoms with Crippen LogP contribution >= 0.6 is 0 Å². The number of aromatic hydroxyl groups is 1. The van der Waals surface area contributed by atoms with E-state index in [1.54, 1.807) is 31.3 Å². The Morgan fingerprint density at radius 2 is 2.07 bits per heavy atom. The van der Waals surface area contributed by atoms with Gasteiger partial charge in [0.25, 0.3) is 0 Å². The Kier molecular flexibility index (Phi) is 7.12. The monoisotopic (exact) mass is 384 g/mol. The molecule has 1 aliphatic rings. The summed E-state index contributed by atoms with van der Waals surface area (Å²) in [5.74, 6) is 0.904. The van der Waals surface area contributed by atoms with Gasteiger partial charge in [0.05, 0.1) is 0 Å². The molecule has 1 fully saturated rings. The summed E-state index contributed by atoms with van der Waals surface area (Å²) in [6.45, 7) is 2.60. The molecule has 1 atom stereocenters. The minimum absolute atomic E-state index is 0.196. The minimum Gasteiger partial charge on any atom is -0.508 e. The summed E-state index contributed by atoms with van der Waals surface area (Å²) in [5.41, 5.74) is 2.14. The number of hydrogen-bond donors (Lipinski definition) is 3. The van der Waals surface area contributed by atoms with Crippen LogP contribution in [0.5, 0.6) is 5.75 Å². The molecule has 3 N–H and O–H groups in total. The van der Waals surface area contributed by atoms with E-state index in [-0.39, 0.29) is 11.9 Å². The predicted molar refractivity (Wildman–Crippen MR) is 113 cm³/mol. The van der Waals surface area contributed by atoms with Gasteiger partial charge in [-0.15, -0.1) is 0 Å². The molecule has 0 radical (unpaired) electrons. The lowest BCUT2D eigenvalue weighted by molar-refractivity contribution is 0.467. The van der Waals surface area contributed by atoms with E-state index < -0.39 is 0 Å². The van der Waals surface area contributed by atoms with Crippen molar-refractivity contribution in [1.82, 2.24) is 10.6 Å². The number of benzene rings is 2. The van der Waals surface area contributed by atoms with Gasteiger partial charge in [-0.05, 0) is 61.6 Å². The minimum atomic E-state index is -0.196. The van der Waals surface area contributed by atoms with Crippen molar-refractivity contribution < 1.29 is 9.50 Å². The average Bonchev–Trinajstić information content (AvgIpc) is 2.72. The summed E-state index contributed by atoms with van der Waals surface area (Å²) < 4.78 is 13.5. The van der Waals surface area contributed by atoms with Crippen LogP contribution in [0, 0.1) is 5.82 Å². The average molecular weight is 384 g/mol. The lowest BCUT2D eigenvalue weighted by Crippen LogP contribution is -2.51. The van der Waals surface area contributed by atoms with E-state index >= 15 is 0 Å². The molecule has 0 saturated carbocycles. The highest BCUT2D eigenvalue weighted by atomic mass is 19.1. The van der Waals surface area contributed by atoms with Gasteiger partial charge in [0, 0.05) is 38.4 Å². The topological polar surface area (TPSA) is 59.9 Å². The maximum atomic E-state index is 13.5. The van der Waals surface area contributed by atoms with Crippen molar-refractivity contribution in [2.45, 2.75) is 31.7 Å². The number of guanidine groups is 1. The van der Waals surface area contributed by atoms with Gasteiger partial charge in [-0.25, -0.2) is 4.39 Å². The molecule has 1 heterocycles. The summed E-state index contributed by atoms with van der Waals surface area (Å²) in [7, 11) is 1.78. The maximum absolute atomic E-state index is 13.5. The zero-order chi connectivity index (χ0) is 19.8. The van der Waals surface area contributed by atoms with E-state index in [0.29, 0.717) is 5.75 Å². The number of nitrogens with zero attached hydrogens (tertiary/aromatic N) is 2. The van der Waals surface area contributed by atoms with Gasteiger partial charge < -0.3 is 20.6 Å². The largest absolute Gasteiger partial charge is 0.508 e. The van der Waals surface area contributed by atoms with Crippen molar-refractivity contribution in [2.75, 3.05) is 31.6 Å². The van der Waals surface area contributed by atoms with Gasteiger partial charge in [0.1, 0.15) is 11.6 Å². The molecule has 0 aromatic heterocycles. The fourth-order valence-corrected chi connectivity index (χ4v) is 3.55. The third-order valence-corrected chi connectivity index (χ3v) is 5.03. The van der Waals surface area contributed by atoms with E-state index in [4.69, 9.17) is 0 Å². The smallest absolute Gasteiger partial charge is 0.191 e. The highest BCUT2D eigenvalue weighted by Crippen LogP contribution is 2.20. The fourth-order valence-electron chi connectivity index (χ4n) is 3.55. The number of hydrogen-bond acceptors (Lipinski definition) is 3. The second-order valence-electron chi connectivity index (χ2n) is 7.18. The zero-order valence-corrected chi connectivity index (χ0v) is 16.4. The van der Waals surface area contributed by atoms with Gasteiger partial charge in [0.2, 0.25) is 0 Å². The van der Waals surface area contributed by atoms with Crippen molar-refractivity contribution in [3.05, 3.63) is 59.9 Å². The van der Waals surface area contributed by atoms with Crippen molar-refractivity contribution in [3.63, 3.8) is 0 Å². The maximum Gasteiger partial charge on any atom is 0.191 e. The molecule has 0 aliphatic carbocycles. The highest BCUT2D eigenvalue weighted by Gasteiger charge is 2.21. The predicted octanol–water partition coefficient (Wildman–Crippen LogP) is 3.30. The summed E-state index contributed by atoms with van der Waals surface area (Å²) in [6.07, 6.45) is 4.05. The Labute approximate surface area is 166 Å². The van der Waals surface area contributed by atoms with Crippen molar-refractivity contribution in [1.29, 1.82) is 0 Å². The first-order chi connectivity index (χ1) is 13.6. The molecule has 0 bridgehead atoms. The number of phenolic OH excluding ortho intramolecular Hbond substituents is 1. The third kappa shape index (κ3) is 5.87. The van der Waals surface area contributed by atoms with Crippen LogP contribution in [0.3, 0.4) is 0 Å². The van der Waals surface area contributed by atoms with E-state index in [0.717, 1.165) is 57.0 Å². The van der Waals surface area contributed by atoms with Gasteiger partial charge in [-0.2, -0.15) is 0 Å². The van der Waals surface area contributed by atoms with Gasteiger partial charge in [0.15, 0.2) is 5.96 Å². The number of anilines is 1. The molecular formula is C22H29FN4O. The van der Waals surface area contributed by atoms with Crippen molar-refractivity contribution in [2.24, 2.45) is 4.99 Å². The number of phenols is 1. The number of halogens is 1. The number of nitrogens with one attached hydrogen (secondary N) is 2. The first-order valence-electron chi connectivity index (χ1n) is 9.89. The third-order valence-electron chi connectivity index (χ3n) is 5.03. The Balaban J connectivity index is 1.44. The van der Waals surface area contributed by atoms with Crippen LogP contribution < -0.4 is 15.5 Å². The second-order valence-corrected chi connectivity index (χ2v) is 7.18. The van der Waals surface area contributed by atoms with E-state index in [1.807, 2.05) is 18.2 Å². The molecule has 1 aliphatic heterocycles. The Hall–Kier alpha value is -2.76. The van der Waals surface area contributed by atoms with Gasteiger partial charge in [-0.1, -0.05) is 18.2 Å². The number of aryl methyl sites for hydroxylation is 1. The van der Waals surface area contributed by atoms with E-state index in [2.05, 4.69) is 20.5 Å². The Morgan fingerprint density at radius 3 is 2.82 bits per heavy atom. The molecule has 1 saturated heterocycles. The van der Waals surface area contributed by atoms with Crippen LogP contribution in [-0.4, -0.2) is 43.8 Å². The van der Waals surface area contributed by atoms with Gasteiger partial charge >= 0.3 is 0 Å². The molecule has 150 valence electrons. The molecule has 28 heavy (non-hydrogen) atoms. The highest BCUT2D eigenvalue weighted by molar-refractivity contribution is 5.80. The summed E-state index contributed by atoms with van der Waals surface area (Å²) >= 11 is 0. The van der Waals surface area contributed by atoms with Crippen LogP contribution in [-0.2, 0) is 6.42 Å². The quantitative estimate of drug-likeness (QED) is 0.406. The van der Waals surface area contributed by atoms with Gasteiger partial charge in [-0.3, -0.25) is 4.99 Å². The zero-order valence-electron chi connectivity index (χ0n) is 16.4. The molecule has 6 heteroatoms. The normalized spacial score (nSPS) is 17.4. The standard InChI is InChI=1S/C22H29FN4O/c1-24-22(25-13-3-5-17-9-11-21(28)12-10-17)26-19-7-4-14-27(16-19)20-8-2-6-18(23)15-20/h2,6,8-12,15,19,28H,3-5,7,13-14,16H2,1H3,(H2,24,25,26). The van der Waals surface area contributed by atoms with E-state index in [9.17, 15) is 9.50 Å². The van der Waals surface area contributed by atoms with Crippen LogP contribution in [0.15, 0.2) is 53.5 Å². The van der Waals surface area contributed by atoms with E-state index in [1.165, 1.54) is 11.6 Å². The lowest BCUT2D eigenvalue weighted by atomic mass is 10.0. The van der Waals surface area contributed by atoms with Crippen molar-refractivity contribution >= 4 is 11.6 Å². The molecular weight excluding hydrogens is 355 g/mol. The summed E-state index contributed by atoms with van der Waals surface area (Å²) in [6, 6.07) is 14.4. The molecule has 5 nitrogen and oxygen atoms in total. The first kappa shape index (κ1) is 20.0. The molecule has 2 aromatic rings. The molecule has 0 spiro atoms. The van der Waals surface area contributed by atoms with Crippen molar-refractivity contribution in [3.8, 4) is 5.75 Å². The molecule has 3 rings (SSSR count). The number of piperidine rings is 1.